The zero-order valence-electron chi connectivity index (χ0n) is 13.4. The second-order valence-corrected chi connectivity index (χ2v) is 6.62. The van der Waals surface area contributed by atoms with E-state index in [1.54, 1.807) is 0 Å². The second-order valence-electron chi connectivity index (χ2n) is 6.62. The molecular weight excluding hydrogens is 258 g/mol. The van der Waals surface area contributed by atoms with Gasteiger partial charge in [-0.3, -0.25) is 0 Å². The summed E-state index contributed by atoms with van der Waals surface area (Å²) in [6.45, 7) is 7.35. The van der Waals surface area contributed by atoms with Crippen LogP contribution in [-0.2, 0) is 0 Å². The molecule has 1 saturated carbocycles. The van der Waals surface area contributed by atoms with Gasteiger partial charge in [0.1, 0.15) is 5.75 Å². The molecule has 3 rings (SSSR count). The molecule has 2 aliphatic rings. The van der Waals surface area contributed by atoms with E-state index in [1.165, 1.54) is 18.4 Å². The smallest absolute Gasteiger partial charge is 0.119 e. The van der Waals surface area contributed by atoms with E-state index in [-0.39, 0.29) is 0 Å². The number of hydrogen-bond acceptors (Lipinski definition) is 2. The summed E-state index contributed by atoms with van der Waals surface area (Å²) in [5.74, 6) is 3.43. The Morgan fingerprint density at radius 3 is 2.48 bits per heavy atom. The molecule has 0 heterocycles. The Kier molecular flexibility index (Phi) is 4.34. The van der Waals surface area contributed by atoms with Crippen molar-refractivity contribution in [3.05, 3.63) is 42.0 Å². The van der Waals surface area contributed by atoms with Crippen LogP contribution in [0.25, 0.3) is 0 Å². The summed E-state index contributed by atoms with van der Waals surface area (Å²) in [6, 6.07) is 9.46. The van der Waals surface area contributed by atoms with Gasteiger partial charge < -0.3 is 10.1 Å². The summed E-state index contributed by atoms with van der Waals surface area (Å²) < 4.78 is 5.51. The summed E-state index contributed by atoms with van der Waals surface area (Å²) in [6.07, 6.45) is 7.61. The van der Waals surface area contributed by atoms with Gasteiger partial charge in [0.15, 0.2) is 0 Å². The van der Waals surface area contributed by atoms with Crippen LogP contribution in [0.2, 0.25) is 0 Å². The molecule has 0 radical (unpaired) electrons. The van der Waals surface area contributed by atoms with Crippen LogP contribution in [0, 0.1) is 17.8 Å². The van der Waals surface area contributed by atoms with Gasteiger partial charge in [0, 0.05) is 12.1 Å². The number of fused-ring (bicyclic) bond motifs is 2. The first-order valence-electron chi connectivity index (χ1n) is 8.34. The lowest BCUT2D eigenvalue weighted by atomic mass is 9.87. The molecule has 1 aromatic carbocycles. The van der Waals surface area contributed by atoms with Gasteiger partial charge >= 0.3 is 0 Å². The van der Waals surface area contributed by atoms with Crippen molar-refractivity contribution in [3.8, 4) is 5.75 Å². The average molecular weight is 285 g/mol. The molecule has 0 spiro atoms. The topological polar surface area (TPSA) is 21.3 Å². The summed E-state index contributed by atoms with van der Waals surface area (Å²) >= 11 is 0. The molecular formula is C19H27NO. The molecule has 2 heteroatoms. The minimum Gasteiger partial charge on any atom is -0.494 e. The van der Waals surface area contributed by atoms with Gasteiger partial charge in [-0.1, -0.05) is 24.3 Å². The molecule has 2 nitrogen and oxygen atoms in total. The highest BCUT2D eigenvalue weighted by Crippen LogP contribution is 2.45. The van der Waals surface area contributed by atoms with Crippen molar-refractivity contribution in [2.24, 2.45) is 17.8 Å². The molecule has 0 aliphatic heterocycles. The van der Waals surface area contributed by atoms with Crippen molar-refractivity contribution in [1.82, 2.24) is 5.32 Å². The van der Waals surface area contributed by atoms with Crippen LogP contribution < -0.4 is 10.1 Å². The van der Waals surface area contributed by atoms with E-state index in [1.807, 2.05) is 6.92 Å². The lowest BCUT2D eigenvalue weighted by Gasteiger charge is -2.29. The summed E-state index contributed by atoms with van der Waals surface area (Å²) in [5, 5.41) is 3.80. The highest BCUT2D eigenvalue weighted by Gasteiger charge is 2.38. The standard InChI is InChI=1S/C19H27NO/c1-4-21-18-9-7-16(8-10-18)13(2)20-14(3)19-12-15-5-6-17(19)11-15/h5-10,13-15,17,19-20H,4,11-12H2,1-3H3. The first kappa shape index (κ1) is 14.6. The molecule has 0 saturated heterocycles. The third-order valence-corrected chi connectivity index (χ3v) is 5.18. The number of rotatable bonds is 6. The van der Waals surface area contributed by atoms with E-state index in [2.05, 4.69) is 55.6 Å². The van der Waals surface area contributed by atoms with E-state index < -0.39 is 0 Å². The van der Waals surface area contributed by atoms with Crippen molar-refractivity contribution >= 4 is 0 Å². The van der Waals surface area contributed by atoms with Gasteiger partial charge in [-0.15, -0.1) is 0 Å². The molecule has 1 aromatic rings. The molecule has 114 valence electrons. The number of allylic oxidation sites excluding steroid dienone is 2. The fourth-order valence-electron chi connectivity index (χ4n) is 4.03. The Labute approximate surface area is 128 Å². The predicted molar refractivity (Wildman–Crippen MR) is 87.5 cm³/mol. The highest BCUT2D eigenvalue weighted by molar-refractivity contribution is 5.29. The fraction of sp³-hybridized carbons (Fsp3) is 0.579. The lowest BCUT2D eigenvalue weighted by Crippen LogP contribution is -2.37. The van der Waals surface area contributed by atoms with Crippen LogP contribution in [0.4, 0.5) is 0 Å². The maximum Gasteiger partial charge on any atom is 0.119 e. The van der Waals surface area contributed by atoms with Crippen molar-refractivity contribution in [3.63, 3.8) is 0 Å². The summed E-state index contributed by atoms with van der Waals surface area (Å²) in [4.78, 5) is 0. The molecule has 1 N–H and O–H groups in total. The van der Waals surface area contributed by atoms with Crippen LogP contribution in [0.1, 0.15) is 45.2 Å². The van der Waals surface area contributed by atoms with Crippen molar-refractivity contribution in [2.75, 3.05) is 6.61 Å². The Hall–Kier alpha value is -1.28. The molecule has 21 heavy (non-hydrogen) atoms. The summed E-state index contributed by atoms with van der Waals surface area (Å²) in [5.41, 5.74) is 1.34. The fourth-order valence-corrected chi connectivity index (χ4v) is 4.03. The van der Waals surface area contributed by atoms with Crippen LogP contribution in [0.15, 0.2) is 36.4 Å². The van der Waals surface area contributed by atoms with Gasteiger partial charge in [-0.25, -0.2) is 0 Å². The maximum atomic E-state index is 5.51. The van der Waals surface area contributed by atoms with Gasteiger partial charge in [0.2, 0.25) is 0 Å². The Morgan fingerprint density at radius 2 is 1.90 bits per heavy atom. The zero-order chi connectivity index (χ0) is 14.8. The Morgan fingerprint density at radius 1 is 1.14 bits per heavy atom. The van der Waals surface area contributed by atoms with Crippen molar-refractivity contribution in [2.45, 2.75) is 45.7 Å². The van der Waals surface area contributed by atoms with E-state index in [9.17, 15) is 0 Å². The largest absolute Gasteiger partial charge is 0.494 e. The van der Waals surface area contributed by atoms with E-state index in [4.69, 9.17) is 4.74 Å². The number of nitrogens with one attached hydrogen (secondary N) is 1. The zero-order valence-corrected chi connectivity index (χ0v) is 13.4. The number of ether oxygens (including phenoxy) is 1. The number of hydrogen-bond donors (Lipinski definition) is 1. The lowest BCUT2D eigenvalue weighted by molar-refractivity contribution is 0.307. The van der Waals surface area contributed by atoms with Gasteiger partial charge in [0.25, 0.3) is 0 Å². The molecule has 5 unspecified atom stereocenters. The van der Waals surface area contributed by atoms with E-state index in [0.717, 1.165) is 30.1 Å². The van der Waals surface area contributed by atoms with Crippen molar-refractivity contribution in [1.29, 1.82) is 0 Å². The second kappa shape index (κ2) is 6.23. The predicted octanol–water partition coefficient (Wildman–Crippen LogP) is 4.34. The molecule has 0 aromatic heterocycles. The third-order valence-electron chi connectivity index (χ3n) is 5.18. The van der Waals surface area contributed by atoms with E-state index >= 15 is 0 Å². The van der Waals surface area contributed by atoms with Gasteiger partial charge in [-0.2, -0.15) is 0 Å². The first-order chi connectivity index (χ1) is 10.2. The highest BCUT2D eigenvalue weighted by atomic mass is 16.5. The third kappa shape index (κ3) is 3.16. The van der Waals surface area contributed by atoms with Crippen LogP contribution in [0.3, 0.4) is 0 Å². The Balaban J connectivity index is 1.58. The van der Waals surface area contributed by atoms with Gasteiger partial charge in [0.05, 0.1) is 6.61 Å². The van der Waals surface area contributed by atoms with Crippen LogP contribution >= 0.6 is 0 Å². The minimum absolute atomic E-state index is 0.388. The first-order valence-corrected chi connectivity index (χ1v) is 8.34. The number of benzene rings is 1. The SMILES string of the molecule is CCOc1ccc(C(C)NC(C)C2CC3C=CC2C3)cc1. The van der Waals surface area contributed by atoms with Crippen LogP contribution in [0.5, 0.6) is 5.75 Å². The maximum absolute atomic E-state index is 5.51. The Bertz CT molecular complexity index is 493. The monoisotopic (exact) mass is 285 g/mol. The molecule has 2 aliphatic carbocycles. The molecule has 5 atom stereocenters. The average Bonchev–Trinajstić information content (AvgIpc) is 3.11. The molecule has 2 bridgehead atoms. The quantitative estimate of drug-likeness (QED) is 0.785. The molecule has 0 amide bonds. The normalized spacial score (nSPS) is 29.6. The van der Waals surface area contributed by atoms with Crippen LogP contribution in [-0.4, -0.2) is 12.6 Å². The van der Waals surface area contributed by atoms with Gasteiger partial charge in [-0.05, 0) is 69.1 Å². The minimum atomic E-state index is 0.388. The molecule has 1 fully saturated rings. The van der Waals surface area contributed by atoms with Crippen molar-refractivity contribution < 1.29 is 4.74 Å². The van der Waals surface area contributed by atoms with E-state index in [0.29, 0.717) is 12.1 Å². The summed E-state index contributed by atoms with van der Waals surface area (Å²) in [7, 11) is 0.